The van der Waals surface area contributed by atoms with Crippen LogP contribution in [-0.2, 0) is 0 Å². The molecule has 0 aliphatic heterocycles. The minimum absolute atomic E-state index is 0.0645. The summed E-state index contributed by atoms with van der Waals surface area (Å²) < 4.78 is 7.15. The first kappa shape index (κ1) is 15.5. The number of thiophene rings is 1. The van der Waals surface area contributed by atoms with Crippen LogP contribution in [0.15, 0.2) is 40.2 Å². The first-order valence-corrected chi connectivity index (χ1v) is 8.40. The number of benzene rings is 1. The van der Waals surface area contributed by atoms with E-state index in [1.807, 2.05) is 19.1 Å². The van der Waals surface area contributed by atoms with Gasteiger partial charge >= 0.3 is 0 Å². The molecule has 0 amide bonds. The Kier molecular flexibility index (Phi) is 5.24. The Morgan fingerprint density at radius 2 is 1.80 bits per heavy atom. The van der Waals surface area contributed by atoms with Gasteiger partial charge in [-0.2, -0.15) is 0 Å². The van der Waals surface area contributed by atoms with Gasteiger partial charge < -0.3 is 10.5 Å². The maximum Gasteiger partial charge on any atom is 0.148 e. The molecule has 1 aromatic carbocycles. The SMILES string of the molecule is CC(C)c1ccc(OC(c2cc(Br)cs2)C(C)N)cc1. The third kappa shape index (κ3) is 3.84. The number of halogens is 1. The average molecular weight is 354 g/mol. The Balaban J connectivity index is 2.16. The number of hydrogen-bond donors (Lipinski definition) is 1. The third-order valence-electron chi connectivity index (χ3n) is 3.16. The summed E-state index contributed by atoms with van der Waals surface area (Å²) >= 11 is 5.14. The van der Waals surface area contributed by atoms with E-state index in [9.17, 15) is 0 Å². The molecule has 0 aliphatic rings. The van der Waals surface area contributed by atoms with E-state index in [4.69, 9.17) is 10.5 Å². The summed E-state index contributed by atoms with van der Waals surface area (Å²) in [5.74, 6) is 1.39. The maximum absolute atomic E-state index is 6.07. The molecule has 0 aliphatic carbocycles. The lowest BCUT2D eigenvalue weighted by molar-refractivity contribution is 0.184. The minimum Gasteiger partial charge on any atom is -0.483 e. The molecule has 0 spiro atoms. The standard InChI is InChI=1S/C16H20BrNOS/c1-10(2)12-4-6-14(7-5-12)19-16(11(3)18)15-8-13(17)9-20-15/h4-11,16H,18H2,1-3H3. The second-order valence-corrected chi connectivity index (χ2v) is 7.15. The number of hydrogen-bond acceptors (Lipinski definition) is 3. The van der Waals surface area contributed by atoms with Gasteiger partial charge in [-0.15, -0.1) is 11.3 Å². The molecule has 0 bridgehead atoms. The highest BCUT2D eigenvalue weighted by molar-refractivity contribution is 9.10. The van der Waals surface area contributed by atoms with Gasteiger partial charge in [-0.1, -0.05) is 26.0 Å². The summed E-state index contributed by atoms with van der Waals surface area (Å²) in [6.45, 7) is 6.34. The minimum atomic E-state index is -0.115. The third-order valence-corrected chi connectivity index (χ3v) is 4.91. The van der Waals surface area contributed by atoms with E-state index in [1.54, 1.807) is 11.3 Å². The van der Waals surface area contributed by atoms with Gasteiger partial charge in [-0.25, -0.2) is 0 Å². The molecule has 0 saturated carbocycles. The molecule has 2 unspecified atom stereocenters. The molecule has 0 radical (unpaired) electrons. The second-order valence-electron chi connectivity index (χ2n) is 5.29. The van der Waals surface area contributed by atoms with E-state index in [0.29, 0.717) is 5.92 Å². The van der Waals surface area contributed by atoms with Gasteiger partial charge in [0.2, 0.25) is 0 Å². The van der Waals surface area contributed by atoms with Crippen molar-refractivity contribution in [2.45, 2.75) is 38.8 Å². The van der Waals surface area contributed by atoms with E-state index in [1.165, 1.54) is 5.56 Å². The van der Waals surface area contributed by atoms with Crippen LogP contribution >= 0.6 is 27.3 Å². The van der Waals surface area contributed by atoms with Crippen molar-refractivity contribution in [2.75, 3.05) is 0 Å². The number of ether oxygens (including phenoxy) is 1. The van der Waals surface area contributed by atoms with Gasteiger partial charge in [-0.05, 0) is 52.5 Å². The Labute approximate surface area is 133 Å². The van der Waals surface area contributed by atoms with Crippen molar-refractivity contribution >= 4 is 27.3 Å². The van der Waals surface area contributed by atoms with Gasteiger partial charge in [0.15, 0.2) is 0 Å². The lowest BCUT2D eigenvalue weighted by Crippen LogP contribution is -2.28. The van der Waals surface area contributed by atoms with Crippen molar-refractivity contribution in [1.82, 2.24) is 0 Å². The van der Waals surface area contributed by atoms with E-state index in [0.717, 1.165) is 15.1 Å². The Morgan fingerprint density at radius 3 is 2.25 bits per heavy atom. The molecule has 2 N–H and O–H groups in total. The van der Waals surface area contributed by atoms with Crippen molar-refractivity contribution in [1.29, 1.82) is 0 Å². The fraction of sp³-hybridized carbons (Fsp3) is 0.375. The van der Waals surface area contributed by atoms with E-state index < -0.39 is 0 Å². The van der Waals surface area contributed by atoms with E-state index in [2.05, 4.69) is 53.4 Å². The predicted molar refractivity (Wildman–Crippen MR) is 89.6 cm³/mol. The van der Waals surface area contributed by atoms with Crippen molar-refractivity contribution in [3.8, 4) is 5.75 Å². The van der Waals surface area contributed by atoms with Crippen molar-refractivity contribution in [3.05, 3.63) is 50.6 Å². The summed E-state index contributed by atoms with van der Waals surface area (Å²) in [7, 11) is 0. The summed E-state index contributed by atoms with van der Waals surface area (Å²) in [5.41, 5.74) is 7.38. The van der Waals surface area contributed by atoms with Crippen LogP contribution in [0.2, 0.25) is 0 Å². The molecule has 0 saturated heterocycles. The summed E-state index contributed by atoms with van der Waals surface area (Å²) in [6.07, 6.45) is -0.115. The van der Waals surface area contributed by atoms with Crippen LogP contribution in [0.4, 0.5) is 0 Å². The van der Waals surface area contributed by atoms with Crippen LogP contribution in [0.25, 0.3) is 0 Å². The molecule has 2 aromatic rings. The highest BCUT2D eigenvalue weighted by Gasteiger charge is 2.20. The average Bonchev–Trinajstić information content (AvgIpc) is 2.82. The maximum atomic E-state index is 6.07. The second kappa shape index (κ2) is 6.74. The number of rotatable bonds is 5. The van der Waals surface area contributed by atoms with Gasteiger partial charge in [-0.3, -0.25) is 0 Å². The number of nitrogens with two attached hydrogens (primary N) is 1. The highest BCUT2D eigenvalue weighted by atomic mass is 79.9. The lowest BCUT2D eigenvalue weighted by Gasteiger charge is -2.21. The van der Waals surface area contributed by atoms with Crippen molar-refractivity contribution < 1.29 is 4.74 Å². The van der Waals surface area contributed by atoms with E-state index >= 15 is 0 Å². The predicted octanol–water partition coefficient (Wildman–Crippen LogP) is 5.10. The molecule has 1 heterocycles. The van der Waals surface area contributed by atoms with Crippen molar-refractivity contribution in [2.24, 2.45) is 5.73 Å². The molecule has 20 heavy (non-hydrogen) atoms. The van der Waals surface area contributed by atoms with Gasteiger partial charge in [0.1, 0.15) is 11.9 Å². The first-order chi connectivity index (χ1) is 9.47. The summed E-state index contributed by atoms with van der Waals surface area (Å²) in [5, 5.41) is 2.05. The molecule has 2 atom stereocenters. The topological polar surface area (TPSA) is 35.2 Å². The van der Waals surface area contributed by atoms with Crippen LogP contribution < -0.4 is 10.5 Å². The quantitative estimate of drug-likeness (QED) is 0.811. The molecular formula is C16H20BrNOS. The summed E-state index contributed by atoms with van der Waals surface area (Å²) in [6, 6.07) is 10.3. The van der Waals surface area contributed by atoms with Crippen LogP contribution in [0.3, 0.4) is 0 Å². The molecule has 108 valence electrons. The largest absolute Gasteiger partial charge is 0.483 e. The van der Waals surface area contributed by atoms with Crippen LogP contribution in [0.5, 0.6) is 5.75 Å². The molecular weight excluding hydrogens is 334 g/mol. The Morgan fingerprint density at radius 1 is 1.15 bits per heavy atom. The fourth-order valence-corrected chi connectivity index (χ4v) is 3.57. The van der Waals surface area contributed by atoms with Gasteiger partial charge in [0.25, 0.3) is 0 Å². The monoisotopic (exact) mass is 353 g/mol. The Hall–Kier alpha value is -0.840. The molecule has 1 aromatic heterocycles. The van der Waals surface area contributed by atoms with Gasteiger partial charge in [0, 0.05) is 20.8 Å². The fourth-order valence-electron chi connectivity index (χ4n) is 1.98. The van der Waals surface area contributed by atoms with Crippen molar-refractivity contribution in [3.63, 3.8) is 0 Å². The molecule has 4 heteroatoms. The lowest BCUT2D eigenvalue weighted by atomic mass is 10.0. The Bertz CT molecular complexity index is 548. The van der Waals surface area contributed by atoms with Crippen LogP contribution in [-0.4, -0.2) is 6.04 Å². The molecule has 2 nitrogen and oxygen atoms in total. The van der Waals surface area contributed by atoms with Gasteiger partial charge in [0.05, 0.1) is 0 Å². The zero-order valence-electron chi connectivity index (χ0n) is 12.0. The zero-order chi connectivity index (χ0) is 14.7. The highest BCUT2D eigenvalue weighted by Crippen LogP contribution is 2.31. The van der Waals surface area contributed by atoms with E-state index in [-0.39, 0.29) is 12.1 Å². The molecule has 0 fully saturated rings. The first-order valence-electron chi connectivity index (χ1n) is 6.73. The zero-order valence-corrected chi connectivity index (χ0v) is 14.4. The van der Waals surface area contributed by atoms with Crippen LogP contribution in [0.1, 0.15) is 43.2 Å². The summed E-state index contributed by atoms with van der Waals surface area (Å²) in [4.78, 5) is 1.14. The normalized spacial score (nSPS) is 14.3. The van der Waals surface area contributed by atoms with Crippen LogP contribution in [0, 0.1) is 0 Å². The smallest absolute Gasteiger partial charge is 0.148 e. The molecule has 2 rings (SSSR count).